The van der Waals surface area contributed by atoms with Gasteiger partial charge in [0, 0.05) is 31.5 Å². The Morgan fingerprint density at radius 2 is 1.85 bits per heavy atom. The van der Waals surface area contributed by atoms with E-state index in [9.17, 15) is 18.3 Å². The molecule has 2 heterocycles. The van der Waals surface area contributed by atoms with E-state index in [2.05, 4.69) is 0 Å². The molecule has 2 aromatic rings. The summed E-state index contributed by atoms with van der Waals surface area (Å²) in [5, 5.41) is 24.6. The quantitative estimate of drug-likeness (QED) is 0.267. The molecule has 212 valence electrons. The highest BCUT2D eigenvalue weighted by molar-refractivity contribution is 7.93. The largest absolute Gasteiger partial charge is 0.490 e. The molecule has 1 unspecified atom stereocenters. The number of hydrogen-bond donors (Lipinski definition) is 4. The van der Waals surface area contributed by atoms with E-state index in [1.165, 1.54) is 4.31 Å². The van der Waals surface area contributed by atoms with E-state index in [0.29, 0.717) is 29.3 Å². The molecule has 0 aromatic heterocycles. The summed E-state index contributed by atoms with van der Waals surface area (Å²) in [4.78, 5) is 13.3. The molecule has 1 fully saturated rings. The lowest BCUT2D eigenvalue weighted by atomic mass is 10.1. The molecule has 1 saturated heterocycles. The lowest BCUT2D eigenvalue weighted by Crippen LogP contribution is -2.40. The molecule has 10 nitrogen and oxygen atoms in total. The van der Waals surface area contributed by atoms with Crippen LogP contribution in [-0.2, 0) is 21.2 Å². The Morgan fingerprint density at radius 3 is 2.46 bits per heavy atom. The number of likely N-dealkylation sites (tertiary alicyclic amines) is 1. The number of aliphatic carboxylic acids is 1. The van der Waals surface area contributed by atoms with Gasteiger partial charge in [-0.2, -0.15) is 0 Å². The Labute approximate surface area is 240 Å². The highest BCUT2D eigenvalue weighted by atomic mass is 35.5. The Kier molecular flexibility index (Phi) is 10.8. The van der Waals surface area contributed by atoms with Gasteiger partial charge in [-0.3, -0.25) is 19.9 Å². The highest BCUT2D eigenvalue weighted by Crippen LogP contribution is 2.38. The van der Waals surface area contributed by atoms with Gasteiger partial charge < -0.3 is 20.5 Å². The van der Waals surface area contributed by atoms with Crippen LogP contribution in [-0.4, -0.2) is 67.1 Å². The summed E-state index contributed by atoms with van der Waals surface area (Å²) in [7, 11) is -4.14. The number of rotatable bonds is 8. The van der Waals surface area contributed by atoms with Crippen molar-refractivity contribution in [2.24, 2.45) is 5.73 Å². The molecular weight excluding hydrogens is 565 g/mol. The van der Waals surface area contributed by atoms with Gasteiger partial charge in [-0.15, -0.1) is 24.8 Å². The first-order valence-electron chi connectivity index (χ1n) is 12.0. The fraction of sp³-hybridized carbons (Fsp3) is 0.346. The van der Waals surface area contributed by atoms with Crippen LogP contribution in [0, 0.1) is 10.8 Å². The number of sulfonamides is 1. The van der Waals surface area contributed by atoms with E-state index in [0.717, 1.165) is 37.1 Å². The smallest absolute Gasteiger partial charge is 0.320 e. The third-order valence-corrected chi connectivity index (χ3v) is 8.23. The first-order valence-corrected chi connectivity index (χ1v) is 13.6. The summed E-state index contributed by atoms with van der Waals surface area (Å²) in [5.74, 6) is -1.32. The van der Waals surface area contributed by atoms with E-state index in [-0.39, 0.29) is 36.8 Å². The summed E-state index contributed by atoms with van der Waals surface area (Å²) >= 11 is 0. The number of nitrogens with two attached hydrogens (primary N) is 1. The molecule has 0 saturated carbocycles. The number of hydrogen-bond acceptors (Lipinski definition) is 6. The van der Waals surface area contributed by atoms with E-state index < -0.39 is 27.8 Å². The number of halogens is 2. The average Bonchev–Trinajstić information content (AvgIpc) is 3.21. The Bertz CT molecular complexity index is 1360. The number of anilines is 1. The summed E-state index contributed by atoms with van der Waals surface area (Å²) in [6.07, 6.45) is 5.43. The van der Waals surface area contributed by atoms with Crippen molar-refractivity contribution in [2.45, 2.75) is 38.3 Å². The third kappa shape index (κ3) is 7.65. The Hall–Kier alpha value is -3.28. The number of nitrogen functional groups attached to an aromatic ring is 1. The van der Waals surface area contributed by atoms with E-state index in [1.54, 1.807) is 49.4 Å². The van der Waals surface area contributed by atoms with Crippen LogP contribution in [0.3, 0.4) is 0 Å². The molecule has 39 heavy (non-hydrogen) atoms. The molecule has 2 aliphatic rings. The Balaban J connectivity index is 0.00000267. The first kappa shape index (κ1) is 31.9. The highest BCUT2D eigenvalue weighted by Gasteiger charge is 2.37. The number of fused-ring (bicyclic) bond motifs is 1. The first-order chi connectivity index (χ1) is 17.5. The number of nitrogens with zero attached hydrogens (tertiary/aromatic N) is 2. The van der Waals surface area contributed by atoms with Crippen molar-refractivity contribution < 1.29 is 23.1 Å². The van der Waals surface area contributed by atoms with Crippen molar-refractivity contribution in [3.63, 3.8) is 0 Å². The minimum Gasteiger partial charge on any atom is -0.490 e. The minimum atomic E-state index is -4.14. The van der Waals surface area contributed by atoms with E-state index >= 15 is 0 Å². The molecular formula is C26H33Cl2N5O5S. The summed E-state index contributed by atoms with van der Waals surface area (Å²) in [6.45, 7) is 3.28. The molecule has 4 rings (SSSR count). The standard InChI is InChI=1S/C26H31N5O5S.2ClH/c1-17(27)30-11-9-22(10-12-30)36-23-7-8-24-20(15-23)14-21(31(24)37(34,35)16-25(32)33)6-5-18-3-2-4-19(13-18)26(28)29;;/h2-8,13,15,21-22,27H,9-12,14,16H2,1H3,(H3,28,29)(H,32,33);2*1H/b6-5+,27-17?;;. The third-order valence-electron chi connectivity index (χ3n) is 6.55. The molecule has 0 bridgehead atoms. The van der Waals surface area contributed by atoms with Crippen LogP contribution in [0.5, 0.6) is 5.75 Å². The molecule has 0 radical (unpaired) electrons. The number of amidine groups is 2. The van der Waals surface area contributed by atoms with Gasteiger partial charge in [-0.1, -0.05) is 30.4 Å². The molecule has 5 N–H and O–H groups in total. The van der Waals surface area contributed by atoms with Crippen LogP contribution in [0.25, 0.3) is 6.08 Å². The average molecular weight is 599 g/mol. The predicted molar refractivity (Wildman–Crippen MR) is 157 cm³/mol. The van der Waals surface area contributed by atoms with Crippen LogP contribution < -0.4 is 14.8 Å². The van der Waals surface area contributed by atoms with Gasteiger partial charge in [0.25, 0.3) is 0 Å². The summed E-state index contributed by atoms with van der Waals surface area (Å²) < 4.78 is 33.5. The molecule has 1 atom stereocenters. The minimum absolute atomic E-state index is 0. The normalized spacial score (nSPS) is 17.2. The second-order valence-electron chi connectivity index (χ2n) is 9.30. The fourth-order valence-corrected chi connectivity index (χ4v) is 6.25. The number of piperidine rings is 1. The van der Waals surface area contributed by atoms with E-state index in [4.69, 9.17) is 21.3 Å². The lowest BCUT2D eigenvalue weighted by molar-refractivity contribution is -0.134. The monoisotopic (exact) mass is 597 g/mol. The zero-order chi connectivity index (χ0) is 26.7. The Morgan fingerprint density at radius 1 is 1.15 bits per heavy atom. The van der Waals surface area contributed by atoms with Gasteiger partial charge in [-0.25, -0.2) is 8.42 Å². The number of nitrogens with one attached hydrogen (secondary N) is 2. The molecule has 0 amide bonds. The van der Waals surface area contributed by atoms with Crippen LogP contribution in [0.15, 0.2) is 48.5 Å². The van der Waals surface area contributed by atoms with Crippen LogP contribution in [0.4, 0.5) is 5.69 Å². The molecule has 0 spiro atoms. The number of ether oxygens (including phenoxy) is 1. The van der Waals surface area contributed by atoms with Gasteiger partial charge in [0.05, 0.1) is 17.6 Å². The van der Waals surface area contributed by atoms with Gasteiger partial charge in [0.15, 0.2) is 5.75 Å². The second kappa shape index (κ2) is 13.2. The lowest BCUT2D eigenvalue weighted by Gasteiger charge is -2.32. The van der Waals surface area contributed by atoms with Crippen LogP contribution >= 0.6 is 24.8 Å². The zero-order valence-corrected chi connectivity index (χ0v) is 23.8. The van der Waals surface area contributed by atoms with Gasteiger partial charge in [-0.05, 0) is 48.7 Å². The maximum atomic E-state index is 13.1. The topological polar surface area (TPSA) is 161 Å². The summed E-state index contributed by atoms with van der Waals surface area (Å²) in [6, 6.07) is 11.6. The van der Waals surface area contributed by atoms with Gasteiger partial charge in [0.2, 0.25) is 10.0 Å². The fourth-order valence-electron chi connectivity index (χ4n) is 4.76. The number of carboxylic acids is 1. The van der Waals surface area contributed by atoms with Gasteiger partial charge in [0.1, 0.15) is 17.7 Å². The maximum absolute atomic E-state index is 13.1. The van der Waals surface area contributed by atoms with Crippen LogP contribution in [0.2, 0.25) is 0 Å². The number of carboxylic acid groups (broad SMARTS) is 1. The van der Waals surface area contributed by atoms with Crippen LogP contribution in [0.1, 0.15) is 36.5 Å². The van der Waals surface area contributed by atoms with E-state index in [1.807, 2.05) is 17.0 Å². The molecule has 13 heteroatoms. The molecule has 0 aliphatic carbocycles. The number of carbonyl (C=O) groups is 1. The van der Waals surface area contributed by atoms with Crippen molar-refractivity contribution in [2.75, 3.05) is 23.1 Å². The molecule has 2 aromatic carbocycles. The zero-order valence-electron chi connectivity index (χ0n) is 21.4. The molecule has 2 aliphatic heterocycles. The maximum Gasteiger partial charge on any atom is 0.320 e. The van der Waals surface area contributed by atoms with Crippen molar-refractivity contribution in [1.29, 1.82) is 10.8 Å². The van der Waals surface area contributed by atoms with Crippen molar-refractivity contribution in [3.8, 4) is 5.75 Å². The predicted octanol–water partition coefficient (Wildman–Crippen LogP) is 3.51. The second-order valence-corrected chi connectivity index (χ2v) is 11.1. The van der Waals surface area contributed by atoms with Crippen molar-refractivity contribution >= 4 is 64.2 Å². The summed E-state index contributed by atoms with van der Waals surface area (Å²) in [5.41, 5.74) is 8.07. The van der Waals surface area contributed by atoms with Crippen molar-refractivity contribution in [1.82, 2.24) is 4.90 Å². The van der Waals surface area contributed by atoms with Gasteiger partial charge >= 0.3 is 5.97 Å². The van der Waals surface area contributed by atoms with Crippen molar-refractivity contribution in [3.05, 3.63) is 65.2 Å². The number of benzene rings is 2. The SMILES string of the molecule is CC(=N)N1CCC(Oc2ccc3c(c2)CC(/C=C/c2cccc(C(=N)N)c2)N3S(=O)(=O)CC(=O)O)CC1.Cl.Cl.